The maximum absolute atomic E-state index is 6.85. The van der Waals surface area contributed by atoms with Gasteiger partial charge in [0.15, 0.2) is 0 Å². The van der Waals surface area contributed by atoms with Crippen LogP contribution in [0.4, 0.5) is 17.1 Å². The van der Waals surface area contributed by atoms with Crippen molar-refractivity contribution in [2.75, 3.05) is 4.90 Å². The van der Waals surface area contributed by atoms with E-state index in [9.17, 15) is 0 Å². The highest BCUT2D eigenvalue weighted by atomic mass is 32.2. The van der Waals surface area contributed by atoms with E-state index in [2.05, 4.69) is 248 Å². The zero-order valence-corrected chi connectivity index (χ0v) is 49.2. The van der Waals surface area contributed by atoms with Crippen LogP contribution in [-0.4, -0.2) is 8.07 Å². The molecule has 3 heterocycles. The van der Waals surface area contributed by atoms with E-state index in [1.165, 1.54) is 112 Å². The van der Waals surface area contributed by atoms with Crippen molar-refractivity contribution >= 4 is 82.6 Å². The van der Waals surface area contributed by atoms with E-state index < -0.39 is 8.07 Å². The molecule has 6 aliphatic rings. The topological polar surface area (TPSA) is 12.5 Å². The summed E-state index contributed by atoms with van der Waals surface area (Å²) in [5.41, 5.74) is 21.8. The molecule has 0 bridgehead atoms. The van der Waals surface area contributed by atoms with Crippen molar-refractivity contribution in [3.05, 3.63) is 221 Å². The van der Waals surface area contributed by atoms with E-state index in [0.717, 1.165) is 38.4 Å². The molecule has 10 aromatic carbocycles. The fraction of sp³-hybridized carbons (Fsp3) is 0.155. The third-order valence-corrected chi connectivity index (χ3v) is 27.1. The Kier molecular flexibility index (Phi) is 10.0. The van der Waals surface area contributed by atoms with Gasteiger partial charge in [0.2, 0.25) is 0 Å². The lowest BCUT2D eigenvalue weighted by atomic mass is 9.82. The lowest BCUT2D eigenvalue weighted by Crippen LogP contribution is -2.56. The van der Waals surface area contributed by atoms with Crippen LogP contribution in [-0.2, 0) is 16.2 Å². The zero-order chi connectivity index (χ0) is 52.8. The molecule has 0 fully saturated rings. The van der Waals surface area contributed by atoms with Gasteiger partial charge in [-0.05, 0) is 150 Å². The third kappa shape index (κ3) is 6.51. The van der Waals surface area contributed by atoms with E-state index in [1.807, 2.05) is 35.3 Å². The summed E-state index contributed by atoms with van der Waals surface area (Å²) in [5.74, 6) is 1.90. The molecule has 3 aliphatic carbocycles. The van der Waals surface area contributed by atoms with Gasteiger partial charge >= 0.3 is 0 Å². The lowest BCUT2D eigenvalue weighted by molar-refractivity contribution is 0.455. The molecule has 0 saturated carbocycles. The summed E-state index contributed by atoms with van der Waals surface area (Å²) >= 11 is 7.66. The predicted molar refractivity (Wildman–Crippen MR) is 332 cm³/mol. The van der Waals surface area contributed by atoms with Gasteiger partial charge in [-0.3, -0.25) is 0 Å². The number of benzene rings is 10. The number of ether oxygens (including phenoxy) is 1. The first-order valence-electron chi connectivity index (χ1n) is 27.2. The van der Waals surface area contributed by atoms with Crippen molar-refractivity contribution in [2.24, 2.45) is 0 Å². The highest BCUT2D eigenvalue weighted by Gasteiger charge is 2.45. The fourth-order valence-corrected chi connectivity index (χ4v) is 23.2. The average molecular weight is 1090 g/mol. The van der Waals surface area contributed by atoms with Crippen LogP contribution in [0.5, 0.6) is 11.5 Å². The predicted octanol–water partition coefficient (Wildman–Crippen LogP) is 19.9. The quantitative estimate of drug-likeness (QED) is 0.162. The van der Waals surface area contributed by atoms with Crippen molar-refractivity contribution in [3.63, 3.8) is 0 Å². The minimum absolute atomic E-state index is 0.0452. The Bertz CT molecular complexity index is 4150. The third-order valence-electron chi connectivity index (χ3n) is 18.3. The van der Waals surface area contributed by atoms with Gasteiger partial charge in [-0.2, -0.15) is 0 Å². The number of fused-ring (bicyclic) bond motifs is 18. The van der Waals surface area contributed by atoms with Gasteiger partial charge in [0.05, 0.1) is 9.79 Å². The smallest absolute Gasteiger partial charge is 0.149 e. The SMILES string of the molecule is CC1(C)c2cc(N(c3ccc(-c4cccc5c4Sc4c(ccc6c4-c4ccccc4C6(C)C)[Si]5(C)C)cc3)c3ccc4c(c3)C(C)(C)c3ccc5c(c3-4)Sc3ccccc3S5)ccc2-c2c1ccc1c2Oc2ccccc2S1. The zero-order valence-electron chi connectivity index (χ0n) is 44.9. The van der Waals surface area contributed by atoms with Crippen molar-refractivity contribution < 1.29 is 4.74 Å². The van der Waals surface area contributed by atoms with Gasteiger partial charge in [0, 0.05) is 73.8 Å². The van der Waals surface area contributed by atoms with Crippen LogP contribution in [0.25, 0.3) is 44.5 Å². The molecular formula is C71H55NOS4Si. The molecule has 0 saturated heterocycles. The Morgan fingerprint density at radius 3 is 1.62 bits per heavy atom. The Balaban J connectivity index is 0.834. The van der Waals surface area contributed by atoms with E-state index in [-0.39, 0.29) is 16.2 Å². The molecule has 0 radical (unpaired) electrons. The molecule has 0 aromatic heterocycles. The van der Waals surface area contributed by atoms with Gasteiger partial charge in [-0.15, -0.1) is 0 Å². The van der Waals surface area contributed by atoms with Crippen molar-refractivity contribution in [1.82, 2.24) is 0 Å². The second kappa shape index (κ2) is 16.5. The molecule has 3 aliphatic heterocycles. The second-order valence-corrected chi connectivity index (χ2v) is 32.5. The molecule has 0 spiro atoms. The first-order valence-corrected chi connectivity index (χ1v) is 33.5. The van der Waals surface area contributed by atoms with Gasteiger partial charge in [-0.1, -0.05) is 217 Å². The van der Waals surface area contributed by atoms with Crippen molar-refractivity contribution in [3.8, 4) is 56.0 Å². The number of hydrogen-bond donors (Lipinski definition) is 0. The van der Waals surface area contributed by atoms with Crippen LogP contribution in [0, 0.1) is 0 Å². The summed E-state index contributed by atoms with van der Waals surface area (Å²) in [7, 11) is -2.10. The normalized spacial score (nSPS) is 16.8. The first kappa shape index (κ1) is 47.4. The Morgan fingerprint density at radius 2 is 0.885 bits per heavy atom. The number of para-hydroxylation sites is 1. The molecule has 378 valence electrons. The van der Waals surface area contributed by atoms with Crippen LogP contribution in [0.1, 0.15) is 74.9 Å². The van der Waals surface area contributed by atoms with Crippen molar-refractivity contribution in [2.45, 2.75) is 110 Å². The average Bonchev–Trinajstić information content (AvgIpc) is 3.60. The molecule has 16 rings (SSSR count). The number of nitrogens with zero attached hydrogens (tertiary/aromatic N) is 1. The Morgan fingerprint density at radius 1 is 0.359 bits per heavy atom. The summed E-state index contributed by atoms with van der Waals surface area (Å²) in [5, 5.41) is 3.07. The highest BCUT2D eigenvalue weighted by Crippen LogP contribution is 2.62. The molecule has 0 amide bonds. The maximum Gasteiger partial charge on any atom is 0.149 e. The molecule has 0 unspecified atom stereocenters. The number of hydrogen-bond acceptors (Lipinski definition) is 6. The van der Waals surface area contributed by atoms with E-state index >= 15 is 0 Å². The highest BCUT2D eigenvalue weighted by molar-refractivity contribution is 8.05. The maximum atomic E-state index is 6.85. The minimum atomic E-state index is -2.10. The molecule has 0 N–H and O–H groups in total. The Hall–Kier alpha value is -6.58. The van der Waals surface area contributed by atoms with Crippen LogP contribution in [0.15, 0.2) is 227 Å². The van der Waals surface area contributed by atoms with Gasteiger partial charge in [0.25, 0.3) is 0 Å². The molecule has 7 heteroatoms. The largest absolute Gasteiger partial charge is 0.454 e. The van der Waals surface area contributed by atoms with E-state index in [1.54, 1.807) is 16.9 Å². The first-order chi connectivity index (χ1) is 37.7. The van der Waals surface area contributed by atoms with E-state index in [0.29, 0.717) is 0 Å². The minimum Gasteiger partial charge on any atom is -0.454 e. The Labute approximate surface area is 476 Å². The summed E-state index contributed by atoms with van der Waals surface area (Å²) in [6.07, 6.45) is 0. The van der Waals surface area contributed by atoms with Gasteiger partial charge in [0.1, 0.15) is 19.6 Å². The monoisotopic (exact) mass is 1090 g/mol. The number of rotatable bonds is 4. The number of anilines is 3. The van der Waals surface area contributed by atoms with Crippen molar-refractivity contribution in [1.29, 1.82) is 0 Å². The summed E-state index contributed by atoms with van der Waals surface area (Å²) < 4.78 is 6.85. The molecular weight excluding hydrogens is 1040 g/mol. The fourth-order valence-electron chi connectivity index (χ4n) is 14.1. The molecule has 0 atom stereocenters. The van der Waals surface area contributed by atoms with E-state index in [4.69, 9.17) is 4.74 Å². The van der Waals surface area contributed by atoms with Crippen LogP contribution >= 0.6 is 47.0 Å². The summed E-state index contributed by atoms with van der Waals surface area (Å²) in [4.78, 5) is 13.1. The standard InChI is InChI=1S/C71H55NOS4Si/c1-69(2)48-18-10-9-16-45(48)64-51(69)34-37-61-68(64)77-66-44(17-15-23-60(66)78(61,7)8)40-24-26-41(27-25-40)72(42-28-30-46-52(38-42)70(3,4)49-32-35-58-65(62(46)49)73-54-19-11-12-20-55(54)74-58)43-29-31-47-53(39-43)71(5,6)50-33-36-59-67(63(47)50)76-57-22-14-13-21-56(57)75-59/h9-39H,1-8H3. The summed E-state index contributed by atoms with van der Waals surface area (Å²) in [6.45, 7) is 19.5. The van der Waals surface area contributed by atoms with Crippen LogP contribution in [0.2, 0.25) is 13.1 Å². The molecule has 78 heavy (non-hydrogen) atoms. The van der Waals surface area contributed by atoms with Gasteiger partial charge in [-0.25, -0.2) is 0 Å². The van der Waals surface area contributed by atoms with Gasteiger partial charge < -0.3 is 9.64 Å². The lowest BCUT2D eigenvalue weighted by Gasteiger charge is -2.36. The summed E-state index contributed by atoms with van der Waals surface area (Å²) in [6, 6.07) is 71.8. The molecule has 2 nitrogen and oxygen atoms in total. The second-order valence-electron chi connectivity index (χ2n) is 24.0. The van der Waals surface area contributed by atoms with Crippen LogP contribution in [0.3, 0.4) is 0 Å². The van der Waals surface area contributed by atoms with Crippen LogP contribution < -0.4 is 20.0 Å². The molecule has 10 aromatic rings.